The summed E-state index contributed by atoms with van der Waals surface area (Å²) in [5.74, 6) is 1.59. The van der Waals surface area contributed by atoms with E-state index in [0.29, 0.717) is 0 Å². The van der Waals surface area contributed by atoms with Crippen molar-refractivity contribution >= 4 is 21.8 Å². The Kier molecular flexibility index (Phi) is 4.68. The van der Waals surface area contributed by atoms with Crippen LogP contribution in [0.15, 0.2) is 85.1 Å². The number of ether oxygens (including phenoxy) is 2. The Balaban J connectivity index is 0.00000193. The molecule has 0 radical (unpaired) electrons. The summed E-state index contributed by atoms with van der Waals surface area (Å²) in [6.07, 6.45) is 2.18. The van der Waals surface area contributed by atoms with Crippen molar-refractivity contribution in [3.8, 4) is 22.8 Å². The SMILES string of the molecule is [Br-].c1ccc(C[n+]2ccc3c([nH]c4ccccc43)c2-c2ccc3c(c2)OCO3)cc1. The van der Waals surface area contributed by atoms with Crippen LogP contribution < -0.4 is 31.0 Å². The first-order valence-electron chi connectivity index (χ1n) is 9.74. The molecule has 0 saturated heterocycles. The van der Waals surface area contributed by atoms with Gasteiger partial charge in [-0.05, 0) is 24.3 Å². The third-order valence-electron chi connectivity index (χ3n) is 5.53. The van der Waals surface area contributed by atoms with Crippen molar-refractivity contribution in [3.05, 3.63) is 90.6 Å². The fraction of sp³-hybridized carbons (Fsp3) is 0.0800. The number of aromatic nitrogens is 2. The number of hydrogen-bond donors (Lipinski definition) is 1. The highest BCUT2D eigenvalue weighted by Gasteiger charge is 2.23. The predicted octanol–water partition coefficient (Wildman–Crippen LogP) is 2.06. The predicted molar refractivity (Wildman–Crippen MR) is 113 cm³/mol. The summed E-state index contributed by atoms with van der Waals surface area (Å²) in [5, 5.41) is 2.45. The van der Waals surface area contributed by atoms with Gasteiger partial charge >= 0.3 is 0 Å². The summed E-state index contributed by atoms with van der Waals surface area (Å²) in [7, 11) is 0. The molecule has 2 aromatic heterocycles. The van der Waals surface area contributed by atoms with Crippen LogP contribution in [0.4, 0.5) is 0 Å². The fourth-order valence-corrected chi connectivity index (χ4v) is 4.17. The molecule has 0 bridgehead atoms. The molecule has 4 nitrogen and oxygen atoms in total. The average Bonchev–Trinajstić information content (AvgIpc) is 3.38. The normalized spacial score (nSPS) is 12.3. The Bertz CT molecular complexity index is 1360. The smallest absolute Gasteiger partial charge is 0.237 e. The molecule has 0 unspecified atom stereocenters. The summed E-state index contributed by atoms with van der Waals surface area (Å²) in [6, 6.07) is 27.3. The van der Waals surface area contributed by atoms with Crippen LogP contribution >= 0.6 is 0 Å². The molecule has 1 N–H and O–H groups in total. The van der Waals surface area contributed by atoms with Gasteiger partial charge in [0.15, 0.2) is 24.2 Å². The van der Waals surface area contributed by atoms with Crippen LogP contribution in [-0.4, -0.2) is 11.8 Å². The van der Waals surface area contributed by atoms with Crippen LogP contribution in [0.5, 0.6) is 11.5 Å². The number of pyridine rings is 1. The van der Waals surface area contributed by atoms with E-state index >= 15 is 0 Å². The highest BCUT2D eigenvalue weighted by atomic mass is 79.9. The number of nitrogens with zero attached hydrogens (tertiary/aromatic N) is 1. The second-order valence-corrected chi connectivity index (χ2v) is 7.31. The van der Waals surface area contributed by atoms with E-state index in [2.05, 4.69) is 82.5 Å². The van der Waals surface area contributed by atoms with E-state index in [0.717, 1.165) is 40.3 Å². The Morgan fingerprint density at radius 2 is 1.60 bits per heavy atom. The second-order valence-electron chi connectivity index (χ2n) is 7.31. The molecule has 0 atom stereocenters. The van der Waals surface area contributed by atoms with Gasteiger partial charge in [-0.1, -0.05) is 48.5 Å². The molecule has 6 rings (SSSR count). The topological polar surface area (TPSA) is 38.1 Å². The number of para-hydroxylation sites is 1. The number of fused-ring (bicyclic) bond motifs is 4. The lowest BCUT2D eigenvalue weighted by atomic mass is 10.1. The van der Waals surface area contributed by atoms with Crippen LogP contribution in [0.3, 0.4) is 0 Å². The molecule has 5 aromatic rings. The molecule has 1 aliphatic heterocycles. The van der Waals surface area contributed by atoms with Gasteiger partial charge in [0.25, 0.3) is 0 Å². The lowest BCUT2D eigenvalue weighted by molar-refractivity contribution is -0.676. The maximum absolute atomic E-state index is 5.65. The Morgan fingerprint density at radius 3 is 2.50 bits per heavy atom. The molecule has 0 fully saturated rings. The molecule has 3 aromatic carbocycles. The molecule has 0 spiro atoms. The van der Waals surface area contributed by atoms with Gasteiger partial charge in [0.2, 0.25) is 12.5 Å². The summed E-state index contributed by atoms with van der Waals surface area (Å²) in [4.78, 5) is 3.65. The van der Waals surface area contributed by atoms with Crippen molar-refractivity contribution in [2.45, 2.75) is 6.54 Å². The lowest BCUT2D eigenvalue weighted by Gasteiger charge is -2.07. The summed E-state index contributed by atoms with van der Waals surface area (Å²) < 4.78 is 13.5. The van der Waals surface area contributed by atoms with Gasteiger partial charge in [-0.15, -0.1) is 0 Å². The molecular formula is C25H19BrN2O2. The van der Waals surface area contributed by atoms with E-state index < -0.39 is 0 Å². The van der Waals surface area contributed by atoms with Crippen molar-refractivity contribution in [1.82, 2.24) is 4.98 Å². The van der Waals surface area contributed by atoms with Gasteiger partial charge in [-0.3, -0.25) is 0 Å². The maximum atomic E-state index is 5.65. The number of rotatable bonds is 3. The minimum absolute atomic E-state index is 0. The summed E-state index contributed by atoms with van der Waals surface area (Å²) in [5.41, 5.74) is 5.77. The molecule has 30 heavy (non-hydrogen) atoms. The zero-order valence-corrected chi connectivity index (χ0v) is 17.7. The number of benzene rings is 3. The highest BCUT2D eigenvalue weighted by Crippen LogP contribution is 2.37. The van der Waals surface area contributed by atoms with Gasteiger partial charge in [0, 0.05) is 27.9 Å². The van der Waals surface area contributed by atoms with E-state index in [1.54, 1.807) is 0 Å². The van der Waals surface area contributed by atoms with Gasteiger partial charge in [-0.2, -0.15) is 4.57 Å². The maximum Gasteiger partial charge on any atom is 0.237 e. The summed E-state index contributed by atoms with van der Waals surface area (Å²) >= 11 is 0. The van der Waals surface area contributed by atoms with E-state index in [1.807, 2.05) is 12.1 Å². The van der Waals surface area contributed by atoms with Crippen molar-refractivity contribution in [3.63, 3.8) is 0 Å². The molecule has 0 saturated carbocycles. The van der Waals surface area contributed by atoms with Gasteiger partial charge in [0.1, 0.15) is 5.52 Å². The minimum Gasteiger partial charge on any atom is -1.00 e. The largest absolute Gasteiger partial charge is 1.00 e. The molecule has 3 heterocycles. The number of halogens is 1. The lowest BCUT2D eigenvalue weighted by Crippen LogP contribution is -3.00. The monoisotopic (exact) mass is 458 g/mol. The van der Waals surface area contributed by atoms with E-state index in [1.165, 1.54) is 16.3 Å². The molecule has 5 heteroatoms. The molecular weight excluding hydrogens is 440 g/mol. The first-order chi connectivity index (χ1) is 14.4. The quantitative estimate of drug-likeness (QED) is 0.420. The van der Waals surface area contributed by atoms with Crippen molar-refractivity contribution in [2.24, 2.45) is 0 Å². The van der Waals surface area contributed by atoms with Crippen LogP contribution in [0.1, 0.15) is 5.56 Å². The Morgan fingerprint density at radius 1 is 0.800 bits per heavy atom. The van der Waals surface area contributed by atoms with Crippen LogP contribution in [0.2, 0.25) is 0 Å². The second kappa shape index (κ2) is 7.50. The number of H-pyrrole nitrogens is 1. The Labute approximate surface area is 184 Å². The first-order valence-corrected chi connectivity index (χ1v) is 9.74. The number of aromatic amines is 1. The average molecular weight is 459 g/mol. The summed E-state index contributed by atoms with van der Waals surface area (Å²) in [6.45, 7) is 1.06. The van der Waals surface area contributed by atoms with Crippen molar-refractivity contribution in [1.29, 1.82) is 0 Å². The van der Waals surface area contributed by atoms with E-state index in [9.17, 15) is 0 Å². The van der Waals surface area contributed by atoms with Crippen LogP contribution in [-0.2, 0) is 6.54 Å². The van der Waals surface area contributed by atoms with Gasteiger partial charge in [-0.25, -0.2) is 0 Å². The molecule has 0 aliphatic carbocycles. The van der Waals surface area contributed by atoms with Crippen molar-refractivity contribution < 1.29 is 31.0 Å². The standard InChI is InChI=1S/C25H18N2O2.BrH/c1-2-6-17(7-3-1)15-27-13-12-20-19-8-4-5-9-21(19)26-24(20)25(27)18-10-11-22-23(14-18)29-16-28-22;/h1-14H,15-16H2;1H. The van der Waals surface area contributed by atoms with Crippen molar-refractivity contribution in [2.75, 3.05) is 6.79 Å². The molecule has 1 aliphatic rings. The van der Waals surface area contributed by atoms with Gasteiger partial charge in [0.05, 0.1) is 5.56 Å². The Hall–Kier alpha value is -3.31. The molecule has 0 amide bonds. The number of hydrogen-bond acceptors (Lipinski definition) is 2. The zero-order valence-electron chi connectivity index (χ0n) is 16.1. The minimum atomic E-state index is 0. The van der Waals surface area contributed by atoms with E-state index in [-0.39, 0.29) is 23.8 Å². The molecule has 148 valence electrons. The zero-order chi connectivity index (χ0) is 19.2. The fourth-order valence-electron chi connectivity index (χ4n) is 4.17. The van der Waals surface area contributed by atoms with E-state index in [4.69, 9.17) is 9.47 Å². The highest BCUT2D eigenvalue weighted by molar-refractivity contribution is 6.10. The number of nitrogens with one attached hydrogen (secondary N) is 1. The van der Waals surface area contributed by atoms with Crippen LogP contribution in [0, 0.1) is 0 Å². The third kappa shape index (κ3) is 3.02. The first kappa shape index (κ1) is 18.7. The van der Waals surface area contributed by atoms with Gasteiger partial charge < -0.3 is 31.4 Å². The van der Waals surface area contributed by atoms with Crippen LogP contribution in [0.25, 0.3) is 33.1 Å². The third-order valence-corrected chi connectivity index (χ3v) is 5.53.